The molecule has 0 aromatic rings. The lowest BCUT2D eigenvalue weighted by Gasteiger charge is -2.41. The van der Waals surface area contributed by atoms with E-state index in [4.69, 9.17) is 24.1 Å². The molecule has 1 aliphatic carbocycles. The molecule has 2 fully saturated rings. The molecule has 0 bridgehead atoms. The second-order valence-electron chi connectivity index (χ2n) is 4.79. The number of esters is 1. The average molecular weight is 274 g/mol. The Labute approximate surface area is 110 Å². The van der Waals surface area contributed by atoms with Gasteiger partial charge in [0, 0.05) is 27.2 Å². The van der Waals surface area contributed by atoms with Gasteiger partial charge in [-0.3, -0.25) is 4.79 Å². The highest BCUT2D eigenvalue weighted by atomic mass is 16.6. The maximum absolute atomic E-state index is 11.8. The molecule has 7 heteroatoms. The summed E-state index contributed by atoms with van der Waals surface area (Å²) in [6, 6.07) is 0. The Balaban J connectivity index is 2.33. The summed E-state index contributed by atoms with van der Waals surface area (Å²) in [5, 5.41) is 9.16. The van der Waals surface area contributed by atoms with Crippen molar-refractivity contribution in [2.45, 2.75) is 30.8 Å². The van der Waals surface area contributed by atoms with Crippen molar-refractivity contribution in [1.82, 2.24) is 0 Å². The molecule has 2 rings (SSSR count). The van der Waals surface area contributed by atoms with Crippen LogP contribution in [0.3, 0.4) is 0 Å². The van der Waals surface area contributed by atoms with Crippen molar-refractivity contribution in [3.8, 4) is 0 Å². The Morgan fingerprint density at radius 1 is 1.21 bits per heavy atom. The van der Waals surface area contributed by atoms with Gasteiger partial charge in [-0.05, 0) is 6.42 Å². The topological polar surface area (TPSA) is 91.3 Å². The van der Waals surface area contributed by atoms with E-state index in [9.17, 15) is 9.59 Å². The molecule has 19 heavy (non-hydrogen) atoms. The van der Waals surface area contributed by atoms with Crippen LogP contribution in [0.15, 0.2) is 0 Å². The van der Waals surface area contributed by atoms with E-state index < -0.39 is 42.1 Å². The Bertz CT molecular complexity index is 369. The molecule has 7 nitrogen and oxygen atoms in total. The molecule has 0 spiro atoms. The number of carbonyl (C=O) groups is 2. The second kappa shape index (κ2) is 5.44. The van der Waals surface area contributed by atoms with E-state index in [1.807, 2.05) is 0 Å². The van der Waals surface area contributed by atoms with Crippen molar-refractivity contribution < 1.29 is 33.6 Å². The van der Waals surface area contributed by atoms with Crippen LogP contribution in [-0.4, -0.2) is 62.8 Å². The van der Waals surface area contributed by atoms with E-state index in [0.29, 0.717) is 6.42 Å². The van der Waals surface area contributed by atoms with Gasteiger partial charge in [-0.15, -0.1) is 0 Å². The largest absolute Gasteiger partial charge is 0.478 e. The summed E-state index contributed by atoms with van der Waals surface area (Å²) in [4.78, 5) is 23.0. The SMILES string of the molecule is CO[C@@H]1[C@H](OC)[C@@H]2[C@H](C[C@H]1OC)C(=O)O[C@H]2C(=O)O. The molecule has 1 heterocycles. The van der Waals surface area contributed by atoms with Gasteiger partial charge in [0.2, 0.25) is 6.10 Å². The number of rotatable bonds is 4. The number of ether oxygens (including phenoxy) is 4. The summed E-state index contributed by atoms with van der Waals surface area (Å²) in [5.41, 5.74) is 0. The van der Waals surface area contributed by atoms with E-state index in [0.717, 1.165) is 0 Å². The lowest BCUT2D eigenvalue weighted by molar-refractivity contribution is -0.173. The zero-order valence-corrected chi connectivity index (χ0v) is 11.1. The summed E-state index contributed by atoms with van der Waals surface area (Å²) in [6.45, 7) is 0. The minimum atomic E-state index is -1.18. The molecule has 2 aliphatic rings. The zero-order valence-electron chi connectivity index (χ0n) is 11.1. The van der Waals surface area contributed by atoms with Crippen LogP contribution in [0.4, 0.5) is 0 Å². The fraction of sp³-hybridized carbons (Fsp3) is 0.833. The van der Waals surface area contributed by atoms with Gasteiger partial charge in [-0.25, -0.2) is 4.79 Å². The van der Waals surface area contributed by atoms with Crippen molar-refractivity contribution in [3.05, 3.63) is 0 Å². The van der Waals surface area contributed by atoms with Gasteiger partial charge in [0.25, 0.3) is 0 Å². The van der Waals surface area contributed by atoms with E-state index in [1.54, 1.807) is 0 Å². The van der Waals surface area contributed by atoms with Gasteiger partial charge in [0.15, 0.2) is 0 Å². The minimum absolute atomic E-state index is 0.323. The quantitative estimate of drug-likeness (QED) is 0.702. The zero-order chi connectivity index (χ0) is 14.2. The van der Waals surface area contributed by atoms with Crippen molar-refractivity contribution >= 4 is 11.9 Å². The highest BCUT2D eigenvalue weighted by molar-refractivity contribution is 5.84. The predicted octanol–water partition coefficient (Wildman–Crippen LogP) is -0.322. The molecule has 0 unspecified atom stereocenters. The normalized spacial score (nSPS) is 41.7. The third-order valence-electron chi connectivity index (χ3n) is 4.01. The number of hydrogen-bond acceptors (Lipinski definition) is 6. The van der Waals surface area contributed by atoms with Gasteiger partial charge in [0.05, 0.1) is 18.1 Å². The lowest BCUT2D eigenvalue weighted by atomic mass is 9.73. The molecule has 0 aromatic heterocycles. The first kappa shape index (κ1) is 14.2. The maximum atomic E-state index is 11.8. The molecular weight excluding hydrogens is 256 g/mol. The van der Waals surface area contributed by atoms with Crippen LogP contribution in [0.2, 0.25) is 0 Å². The summed E-state index contributed by atoms with van der Waals surface area (Å²) < 4.78 is 21.0. The van der Waals surface area contributed by atoms with E-state index in [1.165, 1.54) is 21.3 Å². The predicted molar refractivity (Wildman–Crippen MR) is 61.5 cm³/mol. The highest BCUT2D eigenvalue weighted by Crippen LogP contribution is 2.43. The molecule has 1 aliphatic heterocycles. The molecule has 108 valence electrons. The number of fused-ring (bicyclic) bond motifs is 1. The van der Waals surface area contributed by atoms with Crippen molar-refractivity contribution in [2.24, 2.45) is 11.8 Å². The number of cyclic esters (lactones) is 1. The molecule has 6 atom stereocenters. The van der Waals surface area contributed by atoms with Crippen LogP contribution in [0.1, 0.15) is 6.42 Å². The van der Waals surface area contributed by atoms with Crippen molar-refractivity contribution in [2.75, 3.05) is 21.3 Å². The van der Waals surface area contributed by atoms with Gasteiger partial charge in [0.1, 0.15) is 6.10 Å². The van der Waals surface area contributed by atoms with Crippen LogP contribution >= 0.6 is 0 Å². The van der Waals surface area contributed by atoms with Gasteiger partial charge >= 0.3 is 11.9 Å². The Hall–Kier alpha value is -1.18. The lowest BCUT2D eigenvalue weighted by Crippen LogP contribution is -2.55. The Morgan fingerprint density at radius 3 is 2.32 bits per heavy atom. The third-order valence-corrected chi connectivity index (χ3v) is 4.01. The number of methoxy groups -OCH3 is 3. The second-order valence-corrected chi connectivity index (χ2v) is 4.79. The molecule has 1 saturated heterocycles. The van der Waals surface area contributed by atoms with Gasteiger partial charge in [-0.1, -0.05) is 0 Å². The third kappa shape index (κ3) is 2.22. The highest BCUT2D eigenvalue weighted by Gasteiger charge is 2.59. The monoisotopic (exact) mass is 274 g/mol. The fourth-order valence-corrected chi connectivity index (χ4v) is 3.15. The van der Waals surface area contributed by atoms with Crippen LogP contribution in [-0.2, 0) is 28.5 Å². The number of carboxylic acids is 1. The number of hydrogen-bond donors (Lipinski definition) is 1. The van der Waals surface area contributed by atoms with Gasteiger partial charge < -0.3 is 24.1 Å². The Morgan fingerprint density at radius 2 is 1.84 bits per heavy atom. The summed E-state index contributed by atoms with van der Waals surface area (Å²) in [7, 11) is 4.50. The Kier molecular flexibility index (Phi) is 4.07. The van der Waals surface area contributed by atoms with Gasteiger partial charge in [-0.2, -0.15) is 0 Å². The van der Waals surface area contributed by atoms with Crippen LogP contribution in [0, 0.1) is 11.8 Å². The first-order valence-corrected chi connectivity index (χ1v) is 6.06. The first-order valence-electron chi connectivity index (χ1n) is 6.06. The molecule has 0 aromatic carbocycles. The van der Waals surface area contributed by atoms with E-state index >= 15 is 0 Å². The number of carboxylic acid groups (broad SMARTS) is 1. The van der Waals surface area contributed by atoms with Crippen LogP contribution < -0.4 is 0 Å². The summed E-state index contributed by atoms with van der Waals surface area (Å²) >= 11 is 0. The van der Waals surface area contributed by atoms with Crippen LogP contribution in [0.25, 0.3) is 0 Å². The fourth-order valence-electron chi connectivity index (χ4n) is 3.15. The van der Waals surface area contributed by atoms with E-state index in [2.05, 4.69) is 0 Å². The average Bonchev–Trinajstić information content (AvgIpc) is 2.73. The number of aliphatic carboxylic acids is 1. The maximum Gasteiger partial charge on any atom is 0.345 e. The van der Waals surface area contributed by atoms with Crippen LogP contribution in [0.5, 0.6) is 0 Å². The summed E-state index contributed by atoms with van der Waals surface area (Å²) in [6.07, 6.45) is -2.11. The standard InChI is InChI=1S/C12H18O7/c1-16-6-4-5-7(9(18-3)8(6)17-2)10(11(13)14)19-12(5)15/h5-10H,4H2,1-3H3,(H,13,14)/t5-,6+,7-,8-,9+,10+/m0/s1. The van der Waals surface area contributed by atoms with Crippen molar-refractivity contribution in [3.63, 3.8) is 0 Å². The molecule has 0 radical (unpaired) electrons. The minimum Gasteiger partial charge on any atom is -0.478 e. The molecule has 1 saturated carbocycles. The molecule has 1 N–H and O–H groups in total. The summed E-state index contributed by atoms with van der Waals surface area (Å²) in [5.74, 6) is -2.74. The molecular formula is C12H18O7. The first-order chi connectivity index (χ1) is 9.04. The van der Waals surface area contributed by atoms with Crippen molar-refractivity contribution in [1.29, 1.82) is 0 Å². The number of carbonyl (C=O) groups excluding carboxylic acids is 1. The van der Waals surface area contributed by atoms with E-state index in [-0.39, 0.29) is 6.10 Å². The smallest absolute Gasteiger partial charge is 0.345 e. The molecule has 0 amide bonds.